The van der Waals surface area contributed by atoms with Crippen molar-refractivity contribution in [3.05, 3.63) is 88.9 Å². The predicted molar refractivity (Wildman–Crippen MR) is 302 cm³/mol. The number of ether oxygens (including phenoxy) is 1. The van der Waals surface area contributed by atoms with Crippen molar-refractivity contribution in [2.24, 2.45) is 5.92 Å². The zero-order valence-electron chi connectivity index (χ0n) is 46.3. The first-order valence-electron chi connectivity index (χ1n) is 25.5. The number of anilines is 7. The second-order valence-electron chi connectivity index (χ2n) is 22.5. The maximum Gasteiger partial charge on any atom is 0.471 e. The molecule has 2 amide bonds. The fraction of sp³-hybridized carbons (Fsp3) is 0.481. The van der Waals surface area contributed by atoms with Gasteiger partial charge < -0.3 is 41.1 Å². The Kier molecular flexibility index (Phi) is 17.9. The second kappa shape index (κ2) is 23.8. The molecule has 5 N–H and O–H groups in total. The zero-order valence-corrected chi connectivity index (χ0v) is 47.9. The van der Waals surface area contributed by atoms with Crippen LogP contribution in [0.25, 0.3) is 11.3 Å². The van der Waals surface area contributed by atoms with Crippen LogP contribution in [0.15, 0.2) is 60.9 Å². The van der Waals surface area contributed by atoms with Crippen molar-refractivity contribution in [2.75, 3.05) is 65.4 Å². The smallest absolute Gasteiger partial charge is 0.444 e. The van der Waals surface area contributed by atoms with E-state index in [0.29, 0.717) is 81.1 Å². The van der Waals surface area contributed by atoms with E-state index >= 15 is 0 Å². The van der Waals surface area contributed by atoms with Gasteiger partial charge in [0.15, 0.2) is 11.3 Å². The number of alkyl halides is 3. The minimum absolute atomic E-state index is 0.0670. The Hall–Kier alpha value is -7.51. The number of amides is 2. The summed E-state index contributed by atoms with van der Waals surface area (Å²) in [6.45, 7) is 12.9. The van der Waals surface area contributed by atoms with Gasteiger partial charge >= 0.3 is 18.2 Å². The molecule has 25 heteroatoms. The molecule has 6 aromatic rings. The Morgan fingerprint density at radius 3 is 1.66 bits per heavy atom. The van der Waals surface area contributed by atoms with Gasteiger partial charge in [0, 0.05) is 108 Å². The lowest BCUT2D eigenvalue weighted by atomic mass is 10.0. The lowest BCUT2D eigenvalue weighted by Gasteiger charge is -2.34. The number of hydrogen-bond donors (Lipinski definition) is 5. The summed E-state index contributed by atoms with van der Waals surface area (Å²) in [5, 5.41) is 42.7. The SMILES string of the molecule is CN(CC(C)(C)NC(=O)C(F)(F)F)c1ccc(Nc2cc(NC3CC3)n3ncc(C#N)c3n2)cc1CS(C)=O.CN(CC(C)(C)NC(=O)OC(C)(C)C)c1ccc(Nc2cc(CC3CC3)n3ncc(C#N)c3n2)cc1CS(C)=O. The van der Waals surface area contributed by atoms with E-state index in [9.17, 15) is 41.7 Å². The van der Waals surface area contributed by atoms with Gasteiger partial charge in [-0.1, -0.05) is 0 Å². The molecule has 0 radical (unpaired) electrons. The standard InChI is InChI=1S/C29H39N7O3S.C25H29F3N8O2S/c1-28(2,3)39-27(37)34-29(4,5)18-35(6)24-11-10-22(13-20(24)17-40(7)38)32-25-14-23(12-19-8-9-19)36-26(33-25)21(15-30)16-31-36;1-24(2,34-23(37)25(26,27)28)14-35(3)19-8-7-18(9-15(19)13-39(4)38)31-20-10-21(32-17-5-6-17)36-22(33-20)16(11-29)12-30-36/h10-11,13-14,16,19H,8-9,12,17-18H2,1-7H3,(H,32,33)(H,34,37);7-10,12,17,32H,5-6,13-14H2,1-4H3,(H,31,33)(H,34,37). The van der Waals surface area contributed by atoms with Gasteiger partial charge in [-0.05, 0) is 134 Å². The van der Waals surface area contributed by atoms with E-state index in [1.807, 2.05) is 76.1 Å². The van der Waals surface area contributed by atoms with Gasteiger partial charge in [0.25, 0.3) is 0 Å². The molecule has 422 valence electrons. The lowest BCUT2D eigenvalue weighted by molar-refractivity contribution is -0.175. The normalized spacial score (nSPS) is 14.5. The number of nitriles is 2. The third-order valence-corrected chi connectivity index (χ3v) is 13.9. The predicted octanol–water partition coefficient (Wildman–Crippen LogP) is 8.61. The summed E-state index contributed by atoms with van der Waals surface area (Å²) >= 11 is 0. The van der Waals surface area contributed by atoms with Gasteiger partial charge in [-0.2, -0.15) is 38.4 Å². The van der Waals surface area contributed by atoms with Crippen molar-refractivity contribution in [1.82, 2.24) is 39.8 Å². The first-order valence-corrected chi connectivity index (χ1v) is 29.0. The van der Waals surface area contributed by atoms with Crippen LogP contribution in [0.4, 0.5) is 58.2 Å². The lowest BCUT2D eigenvalue weighted by Crippen LogP contribution is -2.54. The van der Waals surface area contributed by atoms with Gasteiger partial charge in [-0.25, -0.2) is 19.3 Å². The third-order valence-electron chi connectivity index (χ3n) is 12.4. The topological polar surface area (TPSA) is 252 Å². The summed E-state index contributed by atoms with van der Waals surface area (Å²) in [5.41, 5.74) is 4.97. The Morgan fingerprint density at radius 1 is 0.722 bits per heavy atom. The quantitative estimate of drug-likeness (QED) is 0.0480. The third kappa shape index (κ3) is 16.5. The van der Waals surface area contributed by atoms with Gasteiger partial charge in [-0.3, -0.25) is 13.2 Å². The second-order valence-corrected chi connectivity index (χ2v) is 25.3. The maximum absolute atomic E-state index is 12.8. The first-order chi connectivity index (χ1) is 37.0. The highest BCUT2D eigenvalue weighted by Crippen LogP contribution is 2.35. The van der Waals surface area contributed by atoms with Crippen LogP contribution in [0.5, 0.6) is 0 Å². The highest BCUT2D eigenvalue weighted by molar-refractivity contribution is 7.83. The summed E-state index contributed by atoms with van der Waals surface area (Å²) in [6, 6.07) is 19.7. The van der Waals surface area contributed by atoms with Gasteiger partial charge in [-0.15, -0.1) is 0 Å². The summed E-state index contributed by atoms with van der Waals surface area (Å²) < 4.78 is 71.6. The number of hydrogen-bond acceptors (Lipinski definition) is 16. The highest BCUT2D eigenvalue weighted by Gasteiger charge is 2.41. The van der Waals surface area contributed by atoms with Crippen molar-refractivity contribution < 1.29 is 35.9 Å². The van der Waals surface area contributed by atoms with Crippen molar-refractivity contribution >= 4 is 85.1 Å². The average Bonchev–Trinajstić information content (AvgIpc) is 4.37. The van der Waals surface area contributed by atoms with Crippen molar-refractivity contribution in [3.8, 4) is 12.1 Å². The molecule has 0 spiro atoms. The first kappa shape index (κ1) is 59.2. The fourth-order valence-corrected chi connectivity index (χ4v) is 10.3. The van der Waals surface area contributed by atoms with Crippen LogP contribution in [0.2, 0.25) is 0 Å². The molecule has 20 nitrogen and oxygen atoms in total. The fourth-order valence-electron chi connectivity index (χ4n) is 9.01. The Balaban J connectivity index is 0.000000229. The van der Waals surface area contributed by atoms with E-state index in [4.69, 9.17) is 4.74 Å². The highest BCUT2D eigenvalue weighted by atomic mass is 32.2. The molecule has 2 saturated carbocycles. The number of likely N-dealkylation sites (N-methyl/N-ethyl adjacent to an activating group) is 2. The van der Waals surface area contributed by atoms with E-state index in [1.54, 1.807) is 64.0 Å². The molecule has 8 rings (SSSR count). The Labute approximate surface area is 462 Å². The molecule has 2 fully saturated rings. The largest absolute Gasteiger partial charge is 0.471 e. The number of carbonyl (C=O) groups is 2. The van der Waals surface area contributed by atoms with Gasteiger partial charge in [0.1, 0.15) is 46.3 Å². The molecule has 2 unspecified atom stereocenters. The van der Waals surface area contributed by atoms with Crippen LogP contribution in [-0.2, 0) is 49.1 Å². The molecule has 2 atom stereocenters. The van der Waals surface area contributed by atoms with Crippen LogP contribution in [0.1, 0.15) is 102 Å². The van der Waals surface area contributed by atoms with E-state index in [-0.39, 0.29) is 12.3 Å². The molecular formula is C54H68F3N15O5S2. The van der Waals surface area contributed by atoms with Crippen LogP contribution in [-0.4, -0.2) is 118 Å². The zero-order chi connectivity index (χ0) is 57.8. The van der Waals surface area contributed by atoms with Crippen molar-refractivity contribution in [3.63, 3.8) is 0 Å². The minimum atomic E-state index is -4.98. The number of aromatic nitrogens is 6. The number of nitrogens with one attached hydrogen (secondary N) is 5. The molecule has 0 aliphatic heterocycles. The molecule has 79 heavy (non-hydrogen) atoms. The number of rotatable bonds is 20. The Morgan fingerprint density at radius 2 is 1.20 bits per heavy atom. The molecule has 2 aromatic carbocycles. The number of nitrogens with zero attached hydrogens (tertiary/aromatic N) is 10. The molecular weight excluding hydrogens is 1060 g/mol. The van der Waals surface area contributed by atoms with Crippen molar-refractivity contribution in [2.45, 2.75) is 121 Å². The van der Waals surface area contributed by atoms with Crippen LogP contribution in [0.3, 0.4) is 0 Å². The minimum Gasteiger partial charge on any atom is -0.444 e. The molecule has 2 aliphatic rings. The van der Waals surface area contributed by atoms with Crippen molar-refractivity contribution in [1.29, 1.82) is 10.5 Å². The molecule has 0 bridgehead atoms. The van der Waals surface area contributed by atoms with Gasteiger partial charge in [0.05, 0.1) is 35.0 Å². The molecule has 2 aliphatic carbocycles. The number of benzene rings is 2. The number of carbonyl (C=O) groups excluding carboxylic acids is 2. The molecule has 4 aromatic heterocycles. The summed E-state index contributed by atoms with van der Waals surface area (Å²) in [6.07, 6.45) is 6.19. The van der Waals surface area contributed by atoms with Crippen LogP contribution < -0.4 is 36.4 Å². The van der Waals surface area contributed by atoms with Crippen LogP contribution in [0, 0.1) is 28.6 Å². The maximum atomic E-state index is 12.8. The van der Waals surface area contributed by atoms with E-state index in [1.165, 1.54) is 32.9 Å². The number of halogens is 3. The summed E-state index contributed by atoms with van der Waals surface area (Å²) in [4.78, 5) is 36.9. The summed E-state index contributed by atoms with van der Waals surface area (Å²) in [5.74, 6) is 1.01. The van der Waals surface area contributed by atoms with E-state index in [0.717, 1.165) is 41.9 Å². The van der Waals surface area contributed by atoms with E-state index < -0.39 is 56.5 Å². The van der Waals surface area contributed by atoms with Crippen LogP contribution >= 0.6 is 0 Å². The average molecular weight is 1130 g/mol. The Bertz CT molecular complexity index is 3370. The van der Waals surface area contributed by atoms with Gasteiger partial charge in [0.2, 0.25) is 0 Å². The summed E-state index contributed by atoms with van der Waals surface area (Å²) in [7, 11) is 1.37. The molecule has 0 saturated heterocycles. The number of alkyl carbamates (subject to hydrolysis) is 1. The molecule has 4 heterocycles. The monoisotopic (exact) mass is 1130 g/mol. The number of fused-ring (bicyclic) bond motifs is 2. The van der Waals surface area contributed by atoms with E-state index in [2.05, 4.69) is 53.6 Å².